The quantitative estimate of drug-likeness (QED) is 0.508. The van der Waals surface area contributed by atoms with Gasteiger partial charge in [0.15, 0.2) is 0 Å². The third kappa shape index (κ3) is 9.65. The zero-order valence-electron chi connectivity index (χ0n) is 11.9. The Balaban J connectivity index is 1.79. The van der Waals surface area contributed by atoms with Crippen molar-refractivity contribution >= 4 is 0 Å². The summed E-state index contributed by atoms with van der Waals surface area (Å²) in [5.41, 5.74) is 1.35. The second-order valence-electron chi connectivity index (χ2n) is 4.90. The summed E-state index contributed by atoms with van der Waals surface area (Å²) in [5.74, 6) is 0. The van der Waals surface area contributed by atoms with E-state index in [1.54, 1.807) is 0 Å². The molecule has 0 bridgehead atoms. The number of benzene rings is 1. The van der Waals surface area contributed by atoms with Crippen LogP contribution in [0.4, 0.5) is 0 Å². The maximum atomic E-state index is 8.65. The van der Waals surface area contributed by atoms with Crippen molar-refractivity contribution < 1.29 is 5.11 Å². The predicted molar refractivity (Wildman–Crippen MR) is 81.2 cm³/mol. The van der Waals surface area contributed by atoms with Crippen LogP contribution in [-0.2, 0) is 6.54 Å². The Morgan fingerprint density at radius 3 is 2.21 bits per heavy atom. The minimum Gasteiger partial charge on any atom is -0.396 e. The van der Waals surface area contributed by atoms with Crippen LogP contribution < -0.4 is 10.6 Å². The lowest BCUT2D eigenvalue weighted by Gasteiger charge is -2.06. The molecule has 0 fully saturated rings. The first-order valence-corrected chi connectivity index (χ1v) is 7.49. The molecule has 0 atom stereocenters. The Morgan fingerprint density at radius 1 is 0.737 bits per heavy atom. The van der Waals surface area contributed by atoms with Crippen molar-refractivity contribution in [2.75, 3.05) is 26.2 Å². The van der Waals surface area contributed by atoms with Gasteiger partial charge in [0.25, 0.3) is 0 Å². The van der Waals surface area contributed by atoms with E-state index in [0.717, 1.165) is 39.0 Å². The molecule has 0 aliphatic carbocycles. The van der Waals surface area contributed by atoms with Gasteiger partial charge < -0.3 is 15.7 Å². The Bertz CT molecular complexity index is 290. The van der Waals surface area contributed by atoms with Crippen LogP contribution in [0.15, 0.2) is 30.3 Å². The van der Waals surface area contributed by atoms with Crippen molar-refractivity contribution in [3.05, 3.63) is 35.9 Å². The maximum absolute atomic E-state index is 8.65. The molecule has 0 radical (unpaired) electrons. The monoisotopic (exact) mass is 264 g/mol. The van der Waals surface area contributed by atoms with E-state index in [2.05, 4.69) is 34.9 Å². The van der Waals surface area contributed by atoms with Crippen LogP contribution in [0.2, 0.25) is 0 Å². The number of nitrogens with one attached hydrogen (secondary N) is 2. The minimum atomic E-state index is 0.334. The Kier molecular flexibility index (Phi) is 10.3. The summed E-state index contributed by atoms with van der Waals surface area (Å²) in [4.78, 5) is 0. The predicted octanol–water partition coefficient (Wildman–Crippen LogP) is 2.31. The highest BCUT2D eigenvalue weighted by Crippen LogP contribution is 1.98. The smallest absolute Gasteiger partial charge is 0.0431 e. The first-order chi connectivity index (χ1) is 9.43. The number of aliphatic hydroxyl groups excluding tert-OH is 1. The SMILES string of the molecule is OCCCCCCNCCCNCc1ccccc1. The van der Waals surface area contributed by atoms with Crippen LogP contribution >= 0.6 is 0 Å². The highest BCUT2D eigenvalue weighted by Gasteiger charge is 1.92. The fourth-order valence-corrected chi connectivity index (χ4v) is 2.01. The van der Waals surface area contributed by atoms with Crippen molar-refractivity contribution in [1.82, 2.24) is 10.6 Å². The molecule has 3 nitrogen and oxygen atoms in total. The van der Waals surface area contributed by atoms with Crippen molar-refractivity contribution in [3.8, 4) is 0 Å². The first kappa shape index (κ1) is 16.2. The zero-order chi connectivity index (χ0) is 13.6. The molecule has 0 unspecified atom stereocenters. The van der Waals surface area contributed by atoms with Crippen LogP contribution in [0.1, 0.15) is 37.7 Å². The molecule has 108 valence electrons. The van der Waals surface area contributed by atoms with Gasteiger partial charge in [0.2, 0.25) is 0 Å². The maximum Gasteiger partial charge on any atom is 0.0431 e. The van der Waals surface area contributed by atoms with Gasteiger partial charge in [-0.2, -0.15) is 0 Å². The molecule has 0 amide bonds. The second-order valence-corrected chi connectivity index (χ2v) is 4.90. The molecule has 0 saturated carbocycles. The average Bonchev–Trinajstić information content (AvgIpc) is 2.46. The average molecular weight is 264 g/mol. The van der Waals surface area contributed by atoms with Crippen molar-refractivity contribution in [2.24, 2.45) is 0 Å². The fraction of sp³-hybridized carbons (Fsp3) is 0.625. The first-order valence-electron chi connectivity index (χ1n) is 7.49. The second kappa shape index (κ2) is 12.2. The zero-order valence-corrected chi connectivity index (χ0v) is 11.9. The van der Waals surface area contributed by atoms with Gasteiger partial charge in [-0.3, -0.25) is 0 Å². The summed E-state index contributed by atoms with van der Waals surface area (Å²) >= 11 is 0. The Labute approximate surface area is 117 Å². The van der Waals surface area contributed by atoms with Gasteiger partial charge in [-0.05, 0) is 44.5 Å². The molecule has 0 heterocycles. The van der Waals surface area contributed by atoms with E-state index in [0.29, 0.717) is 6.61 Å². The standard InChI is InChI=1S/C16H28N2O/c19-14-7-2-1-6-11-17-12-8-13-18-15-16-9-4-3-5-10-16/h3-5,9-10,17-19H,1-2,6-8,11-15H2. The van der Waals surface area contributed by atoms with Crippen molar-refractivity contribution in [3.63, 3.8) is 0 Å². The number of hydrogen-bond donors (Lipinski definition) is 3. The lowest BCUT2D eigenvalue weighted by Crippen LogP contribution is -2.22. The molecule has 0 aromatic heterocycles. The molecule has 0 aliphatic rings. The van der Waals surface area contributed by atoms with Gasteiger partial charge in [-0.25, -0.2) is 0 Å². The lowest BCUT2D eigenvalue weighted by atomic mass is 10.2. The molecule has 0 saturated heterocycles. The molecule has 1 rings (SSSR count). The van der Waals surface area contributed by atoms with E-state index in [1.165, 1.54) is 24.8 Å². The van der Waals surface area contributed by atoms with Crippen LogP contribution in [0.5, 0.6) is 0 Å². The van der Waals surface area contributed by atoms with Gasteiger partial charge in [0.1, 0.15) is 0 Å². The van der Waals surface area contributed by atoms with Crippen LogP contribution in [0.25, 0.3) is 0 Å². The lowest BCUT2D eigenvalue weighted by molar-refractivity contribution is 0.282. The molecule has 3 heteroatoms. The van der Waals surface area contributed by atoms with E-state index in [1.807, 2.05) is 6.07 Å². The third-order valence-corrected chi connectivity index (χ3v) is 3.14. The summed E-state index contributed by atoms with van der Waals surface area (Å²) in [6.07, 6.45) is 5.71. The van der Waals surface area contributed by atoms with Gasteiger partial charge in [0.05, 0.1) is 0 Å². The summed E-state index contributed by atoms with van der Waals surface area (Å²) in [7, 11) is 0. The topological polar surface area (TPSA) is 44.3 Å². The van der Waals surface area contributed by atoms with Crippen molar-refractivity contribution in [1.29, 1.82) is 0 Å². The number of rotatable bonds is 12. The fourth-order valence-electron chi connectivity index (χ4n) is 2.01. The van der Waals surface area contributed by atoms with Crippen LogP contribution in [0.3, 0.4) is 0 Å². The molecular formula is C16H28N2O. The van der Waals surface area contributed by atoms with E-state index >= 15 is 0 Å². The molecular weight excluding hydrogens is 236 g/mol. The molecule has 1 aromatic rings. The molecule has 0 aliphatic heterocycles. The summed E-state index contributed by atoms with van der Waals surface area (Å²) < 4.78 is 0. The summed E-state index contributed by atoms with van der Waals surface area (Å²) in [6, 6.07) is 10.5. The van der Waals surface area contributed by atoms with E-state index in [9.17, 15) is 0 Å². The molecule has 19 heavy (non-hydrogen) atoms. The number of unbranched alkanes of at least 4 members (excludes halogenated alkanes) is 3. The highest BCUT2D eigenvalue weighted by atomic mass is 16.2. The molecule has 1 aromatic carbocycles. The van der Waals surface area contributed by atoms with Gasteiger partial charge in [-0.15, -0.1) is 0 Å². The normalized spacial score (nSPS) is 10.8. The Hall–Kier alpha value is -0.900. The van der Waals surface area contributed by atoms with E-state index in [4.69, 9.17) is 5.11 Å². The molecule has 3 N–H and O–H groups in total. The van der Waals surface area contributed by atoms with E-state index < -0.39 is 0 Å². The summed E-state index contributed by atoms with van der Waals surface area (Å²) in [5, 5.41) is 15.6. The number of hydrogen-bond acceptors (Lipinski definition) is 3. The Morgan fingerprint density at radius 2 is 1.42 bits per heavy atom. The van der Waals surface area contributed by atoms with Gasteiger partial charge >= 0.3 is 0 Å². The largest absolute Gasteiger partial charge is 0.396 e. The van der Waals surface area contributed by atoms with Crippen LogP contribution in [-0.4, -0.2) is 31.3 Å². The van der Waals surface area contributed by atoms with Crippen LogP contribution in [0, 0.1) is 0 Å². The minimum absolute atomic E-state index is 0.334. The molecule has 0 spiro atoms. The van der Waals surface area contributed by atoms with Gasteiger partial charge in [-0.1, -0.05) is 43.2 Å². The van der Waals surface area contributed by atoms with E-state index in [-0.39, 0.29) is 0 Å². The highest BCUT2D eigenvalue weighted by molar-refractivity contribution is 5.14. The third-order valence-electron chi connectivity index (χ3n) is 3.14. The van der Waals surface area contributed by atoms with Crippen molar-refractivity contribution in [2.45, 2.75) is 38.6 Å². The van der Waals surface area contributed by atoms with Gasteiger partial charge in [0, 0.05) is 13.2 Å². The number of aliphatic hydroxyl groups is 1. The summed E-state index contributed by atoms with van der Waals surface area (Å²) in [6.45, 7) is 4.54.